The number of nitrogens with one attached hydrogen (secondary N) is 2. The van der Waals surface area contributed by atoms with Crippen LogP contribution in [0.15, 0.2) is 72.9 Å². The number of aromatic nitrogens is 1. The van der Waals surface area contributed by atoms with Gasteiger partial charge in [0.1, 0.15) is 11.9 Å². The van der Waals surface area contributed by atoms with E-state index in [4.69, 9.17) is 0 Å². The number of nitrogens with zero attached hydrogens (tertiary/aromatic N) is 3. The van der Waals surface area contributed by atoms with Crippen molar-refractivity contribution in [2.45, 2.75) is 19.4 Å². The van der Waals surface area contributed by atoms with E-state index in [1.807, 2.05) is 48.7 Å². The van der Waals surface area contributed by atoms with E-state index in [9.17, 15) is 4.79 Å². The van der Waals surface area contributed by atoms with Crippen LogP contribution in [-0.2, 0) is 11.2 Å². The van der Waals surface area contributed by atoms with E-state index >= 15 is 0 Å². The lowest BCUT2D eigenvalue weighted by atomic mass is 10.1. The lowest BCUT2D eigenvalue weighted by Gasteiger charge is -2.33. The summed E-state index contributed by atoms with van der Waals surface area (Å²) >= 11 is 0. The molecule has 1 aliphatic heterocycles. The van der Waals surface area contributed by atoms with Crippen LogP contribution in [0.2, 0.25) is 0 Å². The summed E-state index contributed by atoms with van der Waals surface area (Å²) in [5.74, 6) is 0.462. The summed E-state index contributed by atoms with van der Waals surface area (Å²) < 4.78 is 0. The number of benzene rings is 2. The SMILES string of the molecule is Cc1ccc(CCN[C@@H](C(=O)Nc2ccc(N3CCN(C)CC3)cn2)c2ccccc2)cc1. The molecule has 0 radical (unpaired) electrons. The minimum absolute atomic E-state index is 0.107. The highest BCUT2D eigenvalue weighted by atomic mass is 16.2. The van der Waals surface area contributed by atoms with E-state index in [0.29, 0.717) is 12.4 Å². The Bertz CT molecular complexity index is 1010. The van der Waals surface area contributed by atoms with Crippen LogP contribution in [0.4, 0.5) is 11.5 Å². The van der Waals surface area contributed by atoms with Gasteiger partial charge >= 0.3 is 0 Å². The Hall–Kier alpha value is -3.22. The van der Waals surface area contributed by atoms with Gasteiger partial charge in [-0.1, -0.05) is 60.2 Å². The van der Waals surface area contributed by atoms with Gasteiger partial charge in [0.15, 0.2) is 0 Å². The van der Waals surface area contributed by atoms with Crippen molar-refractivity contribution in [1.29, 1.82) is 0 Å². The molecule has 6 heteroatoms. The van der Waals surface area contributed by atoms with Crippen LogP contribution in [0.1, 0.15) is 22.7 Å². The monoisotopic (exact) mass is 443 g/mol. The number of rotatable bonds is 8. The van der Waals surface area contributed by atoms with Crippen molar-refractivity contribution < 1.29 is 4.79 Å². The fourth-order valence-corrected chi connectivity index (χ4v) is 4.03. The predicted octanol–water partition coefficient (Wildman–Crippen LogP) is 3.65. The Labute approximate surface area is 196 Å². The van der Waals surface area contributed by atoms with Crippen LogP contribution in [0.5, 0.6) is 0 Å². The van der Waals surface area contributed by atoms with Crippen molar-refractivity contribution in [3.63, 3.8) is 0 Å². The van der Waals surface area contributed by atoms with Gasteiger partial charge in [-0.05, 0) is 43.7 Å². The smallest absolute Gasteiger partial charge is 0.247 e. The highest BCUT2D eigenvalue weighted by Crippen LogP contribution is 2.19. The predicted molar refractivity (Wildman–Crippen MR) is 135 cm³/mol. The van der Waals surface area contributed by atoms with E-state index in [2.05, 4.69) is 63.7 Å². The highest BCUT2D eigenvalue weighted by molar-refractivity contribution is 5.94. The number of aryl methyl sites for hydroxylation is 1. The van der Waals surface area contributed by atoms with Crippen LogP contribution in [0.25, 0.3) is 0 Å². The van der Waals surface area contributed by atoms with Gasteiger partial charge in [0, 0.05) is 32.7 Å². The first kappa shape index (κ1) is 23.0. The van der Waals surface area contributed by atoms with Gasteiger partial charge in [-0.15, -0.1) is 0 Å². The molecule has 3 aromatic rings. The molecule has 0 bridgehead atoms. The zero-order valence-electron chi connectivity index (χ0n) is 19.5. The lowest BCUT2D eigenvalue weighted by Crippen LogP contribution is -2.44. The van der Waals surface area contributed by atoms with Gasteiger partial charge < -0.3 is 20.4 Å². The summed E-state index contributed by atoms with van der Waals surface area (Å²) in [6, 6.07) is 21.8. The molecule has 0 spiro atoms. The number of hydrogen-bond acceptors (Lipinski definition) is 5. The average molecular weight is 444 g/mol. The molecule has 2 aromatic carbocycles. The number of anilines is 2. The molecule has 1 atom stereocenters. The van der Waals surface area contributed by atoms with Crippen molar-refractivity contribution in [3.05, 3.63) is 89.6 Å². The minimum Gasteiger partial charge on any atom is -0.368 e. The quantitative estimate of drug-likeness (QED) is 0.557. The van der Waals surface area contributed by atoms with Gasteiger partial charge in [0.25, 0.3) is 0 Å². The molecule has 2 heterocycles. The zero-order chi connectivity index (χ0) is 23.0. The molecule has 1 fully saturated rings. The van der Waals surface area contributed by atoms with Crippen LogP contribution in [0, 0.1) is 6.92 Å². The van der Waals surface area contributed by atoms with E-state index in [0.717, 1.165) is 43.9 Å². The van der Waals surface area contributed by atoms with Crippen LogP contribution in [-0.4, -0.2) is 55.6 Å². The molecular formula is C27H33N5O. The second-order valence-electron chi connectivity index (χ2n) is 8.71. The molecule has 1 amide bonds. The summed E-state index contributed by atoms with van der Waals surface area (Å²) in [4.78, 5) is 22.4. The Morgan fingerprint density at radius 3 is 2.36 bits per heavy atom. The zero-order valence-corrected chi connectivity index (χ0v) is 19.5. The molecule has 6 nitrogen and oxygen atoms in total. The highest BCUT2D eigenvalue weighted by Gasteiger charge is 2.21. The number of pyridine rings is 1. The fraction of sp³-hybridized carbons (Fsp3) is 0.333. The summed E-state index contributed by atoms with van der Waals surface area (Å²) in [6.07, 6.45) is 2.71. The van der Waals surface area contributed by atoms with E-state index in [1.165, 1.54) is 11.1 Å². The maximum absolute atomic E-state index is 13.2. The molecular weight excluding hydrogens is 410 g/mol. The van der Waals surface area contributed by atoms with Crippen molar-refractivity contribution in [1.82, 2.24) is 15.2 Å². The third-order valence-electron chi connectivity index (χ3n) is 6.15. The number of hydrogen-bond donors (Lipinski definition) is 2. The average Bonchev–Trinajstić information content (AvgIpc) is 2.84. The molecule has 2 N–H and O–H groups in total. The first-order chi connectivity index (χ1) is 16.1. The molecule has 33 heavy (non-hydrogen) atoms. The second-order valence-corrected chi connectivity index (χ2v) is 8.71. The van der Waals surface area contributed by atoms with Gasteiger partial charge in [-0.25, -0.2) is 4.98 Å². The molecule has 172 valence electrons. The van der Waals surface area contributed by atoms with Gasteiger partial charge in [0.05, 0.1) is 11.9 Å². The third kappa shape index (κ3) is 6.40. The normalized spacial score (nSPS) is 15.3. The van der Waals surface area contributed by atoms with Crippen molar-refractivity contribution in [3.8, 4) is 0 Å². The van der Waals surface area contributed by atoms with Crippen molar-refractivity contribution in [2.75, 3.05) is 50.0 Å². The maximum Gasteiger partial charge on any atom is 0.247 e. The molecule has 0 unspecified atom stereocenters. The van der Waals surface area contributed by atoms with Gasteiger partial charge in [0.2, 0.25) is 5.91 Å². The molecule has 0 saturated carbocycles. The Morgan fingerprint density at radius 1 is 0.970 bits per heavy atom. The summed E-state index contributed by atoms with van der Waals surface area (Å²) in [5.41, 5.74) is 4.53. The number of carbonyl (C=O) groups is 1. The maximum atomic E-state index is 13.2. The molecule has 1 aromatic heterocycles. The third-order valence-corrected chi connectivity index (χ3v) is 6.15. The fourth-order valence-electron chi connectivity index (χ4n) is 4.03. The number of carbonyl (C=O) groups excluding carboxylic acids is 1. The molecule has 1 aliphatic rings. The molecule has 0 aliphatic carbocycles. The summed E-state index contributed by atoms with van der Waals surface area (Å²) in [5, 5.41) is 6.43. The minimum atomic E-state index is -0.448. The van der Waals surface area contributed by atoms with Crippen LogP contribution >= 0.6 is 0 Å². The lowest BCUT2D eigenvalue weighted by molar-refractivity contribution is -0.118. The van der Waals surface area contributed by atoms with Crippen LogP contribution < -0.4 is 15.5 Å². The topological polar surface area (TPSA) is 60.5 Å². The second kappa shape index (κ2) is 11.1. The first-order valence-corrected chi connectivity index (χ1v) is 11.6. The first-order valence-electron chi connectivity index (χ1n) is 11.6. The van der Waals surface area contributed by atoms with Gasteiger partial charge in [-0.2, -0.15) is 0 Å². The van der Waals surface area contributed by atoms with E-state index in [1.54, 1.807) is 0 Å². The molecule has 4 rings (SSSR count). The standard InChI is InChI=1S/C27H33N5O/c1-21-8-10-22(11-9-21)14-15-28-26(23-6-4-3-5-7-23)27(33)30-25-13-12-24(20-29-25)32-18-16-31(2)17-19-32/h3-13,20,26,28H,14-19H2,1-2H3,(H,29,30,33)/t26-/m1/s1. The van der Waals surface area contributed by atoms with E-state index < -0.39 is 6.04 Å². The van der Waals surface area contributed by atoms with Crippen molar-refractivity contribution >= 4 is 17.4 Å². The number of piperazine rings is 1. The summed E-state index contributed by atoms with van der Waals surface area (Å²) in [7, 11) is 2.15. The van der Waals surface area contributed by atoms with Crippen LogP contribution in [0.3, 0.4) is 0 Å². The number of likely N-dealkylation sites (N-methyl/N-ethyl adjacent to an activating group) is 1. The van der Waals surface area contributed by atoms with E-state index in [-0.39, 0.29) is 5.91 Å². The van der Waals surface area contributed by atoms with Gasteiger partial charge in [-0.3, -0.25) is 4.79 Å². The largest absolute Gasteiger partial charge is 0.368 e. The Balaban J connectivity index is 1.39. The molecule has 1 saturated heterocycles. The Kier molecular flexibility index (Phi) is 7.70. The summed E-state index contributed by atoms with van der Waals surface area (Å²) in [6.45, 7) is 6.86. The van der Waals surface area contributed by atoms with Crippen molar-refractivity contribution in [2.24, 2.45) is 0 Å². The number of amides is 1. The Morgan fingerprint density at radius 2 is 1.70 bits per heavy atom.